The Labute approximate surface area is 132 Å². The minimum atomic E-state index is -2.17. The first-order chi connectivity index (χ1) is 1.73. The van der Waals surface area contributed by atoms with Crippen molar-refractivity contribution in [3.63, 3.8) is 0 Å². The quantitative estimate of drug-likeness (QED) is 0.384. The fourth-order valence-electron chi connectivity index (χ4n) is 0. The fraction of sp³-hybridized carbons (Fsp3) is 0. The molecule has 0 spiro atoms. The first-order valence-corrected chi connectivity index (χ1v) is 0.775. The first-order valence-electron chi connectivity index (χ1n) is 0.775. The van der Waals surface area contributed by atoms with Gasteiger partial charge in [0.15, 0.2) is 0 Å². The van der Waals surface area contributed by atoms with Crippen LogP contribution in [0.5, 0.6) is 0 Å². The monoisotopic (exact) mass is 351 g/mol. The molecule has 0 saturated heterocycles. The summed E-state index contributed by atoms with van der Waals surface area (Å²) < 4.78 is 0. The van der Waals surface area contributed by atoms with Crippen LogP contribution < -0.4 is 18.9 Å². The van der Waals surface area contributed by atoms with Gasteiger partial charge in [-0.3, -0.25) is 0 Å². The van der Waals surface area contributed by atoms with Crippen LogP contribution in [0.3, 0.4) is 0 Å². The minimum Gasteiger partial charge on any atom is -1.00 e. The van der Waals surface area contributed by atoms with Crippen LogP contribution in [0.15, 0.2) is 0 Å². The maximum atomic E-state index is 7.17. The van der Waals surface area contributed by atoms with Gasteiger partial charge in [-0.1, -0.05) is 0 Å². The van der Waals surface area contributed by atoms with E-state index in [1.165, 1.54) is 0 Å². The summed E-state index contributed by atoms with van der Waals surface area (Å²) in [6.45, 7) is 0. The Morgan fingerprint density at radius 2 is 1.14 bits per heavy atom. The van der Waals surface area contributed by atoms with Crippen LogP contribution >= 0.6 is 0 Å². The van der Waals surface area contributed by atoms with Gasteiger partial charge in [0.05, 0.1) is 0 Å². The van der Waals surface area contributed by atoms with E-state index in [-0.39, 0.29) is 113 Å². The van der Waals surface area contributed by atoms with Gasteiger partial charge in [0.25, 0.3) is 0 Å². The zero-order valence-electron chi connectivity index (χ0n) is 7.20. The minimum absolute atomic E-state index is 0. The molecule has 0 bridgehead atoms. The molecule has 3 N–H and O–H groups in total. The van der Waals surface area contributed by atoms with E-state index < -0.39 is 7.32 Å². The molecule has 0 saturated carbocycles. The zero-order chi connectivity index (χ0) is 3.58. The summed E-state index contributed by atoms with van der Waals surface area (Å²) in [5.41, 5.74) is 0. The standard InChI is InChI=1S/BH3O3.Ba.Li.Pr.3H/c2-1(3)4;;;;;;/h2-4H;;;;;;/q;+2;+1;;3*-1. The average molecular weight is 350 g/mol. The van der Waals surface area contributed by atoms with Crippen LogP contribution in [0.1, 0.15) is 4.28 Å². The Morgan fingerprint density at radius 1 is 1.14 bits per heavy atom. The third-order valence-corrected chi connectivity index (χ3v) is 0. The van der Waals surface area contributed by atoms with E-state index in [1.54, 1.807) is 0 Å². The zero-order valence-corrected chi connectivity index (χ0v) is 12.3. The molecule has 0 fully saturated rings. The smallest absolute Gasteiger partial charge is 1.00 e. The normalized spacial score (nSPS) is 3.86. The Balaban J connectivity index is -0.00000000300. The van der Waals surface area contributed by atoms with Crippen molar-refractivity contribution < 1.29 is 79.5 Å². The van der Waals surface area contributed by atoms with Crippen molar-refractivity contribution in [1.29, 1.82) is 0 Å². The predicted octanol–water partition coefficient (Wildman–Crippen LogP) is -5.09. The summed E-state index contributed by atoms with van der Waals surface area (Å²) in [6, 6.07) is 0. The molecule has 33 valence electrons. The molecule has 0 atom stereocenters. The van der Waals surface area contributed by atoms with Crippen LogP contribution in [0.25, 0.3) is 0 Å². The molecule has 0 aliphatic heterocycles. The number of hydrogen-bond donors (Lipinski definition) is 3. The van der Waals surface area contributed by atoms with E-state index in [2.05, 4.69) is 0 Å². The van der Waals surface area contributed by atoms with Crippen molar-refractivity contribution in [2.75, 3.05) is 0 Å². The second-order valence-corrected chi connectivity index (χ2v) is 0.346. The molecule has 0 aliphatic carbocycles. The van der Waals surface area contributed by atoms with E-state index in [4.69, 9.17) is 15.1 Å². The summed E-state index contributed by atoms with van der Waals surface area (Å²) >= 11 is 0. The largest absolute Gasteiger partial charge is 2.00 e. The van der Waals surface area contributed by atoms with Gasteiger partial charge in [0.1, 0.15) is 0 Å². The molecule has 0 unspecified atom stereocenters. The van der Waals surface area contributed by atoms with Crippen molar-refractivity contribution in [1.82, 2.24) is 0 Å². The molecule has 1 radical (unpaired) electrons. The maximum absolute atomic E-state index is 7.17. The molecule has 0 aromatic heterocycles. The number of hydrogen-bond acceptors (Lipinski definition) is 3. The van der Waals surface area contributed by atoms with Crippen molar-refractivity contribution in [2.45, 2.75) is 0 Å². The molecule has 7 heavy (non-hydrogen) atoms. The van der Waals surface area contributed by atoms with E-state index in [1.807, 2.05) is 0 Å². The van der Waals surface area contributed by atoms with E-state index in [0.29, 0.717) is 0 Å². The van der Waals surface area contributed by atoms with Crippen LogP contribution in [0.4, 0.5) is 0 Å². The fourth-order valence-corrected chi connectivity index (χ4v) is 0. The van der Waals surface area contributed by atoms with Crippen molar-refractivity contribution in [3.05, 3.63) is 0 Å². The molecule has 0 aromatic carbocycles. The van der Waals surface area contributed by atoms with Crippen molar-refractivity contribution in [2.24, 2.45) is 0 Å². The van der Waals surface area contributed by atoms with E-state index >= 15 is 0 Å². The molecular formula is H6BBaLiO3Pr. The van der Waals surface area contributed by atoms with Gasteiger partial charge >= 0.3 is 75.1 Å². The summed E-state index contributed by atoms with van der Waals surface area (Å²) in [5.74, 6) is 0. The van der Waals surface area contributed by atoms with Gasteiger partial charge in [-0.2, -0.15) is 0 Å². The van der Waals surface area contributed by atoms with Crippen LogP contribution in [-0.4, -0.2) is 71.3 Å². The van der Waals surface area contributed by atoms with Gasteiger partial charge in [0, 0.05) is 41.3 Å². The Kier molecular flexibility index (Phi) is 52.0. The van der Waals surface area contributed by atoms with Gasteiger partial charge in [-0.05, 0) is 0 Å². The van der Waals surface area contributed by atoms with Gasteiger partial charge in [-0.25, -0.2) is 0 Å². The van der Waals surface area contributed by atoms with Crippen LogP contribution in [0.2, 0.25) is 0 Å². The molecule has 0 heterocycles. The average Bonchev–Trinajstić information content (AvgIpc) is 0.811. The third kappa shape index (κ3) is 43.8. The number of rotatable bonds is 0. The van der Waals surface area contributed by atoms with Crippen LogP contribution in [0, 0.1) is 41.3 Å². The SMILES string of the molecule is OB(O)O.[Ba+2].[H-].[H-].[H-].[Li+].[Pr]. The van der Waals surface area contributed by atoms with Crippen molar-refractivity contribution in [3.8, 4) is 0 Å². The summed E-state index contributed by atoms with van der Waals surface area (Å²) in [7, 11) is -2.17. The Bertz CT molecular complexity index is 28.5. The van der Waals surface area contributed by atoms with Gasteiger partial charge < -0.3 is 19.4 Å². The summed E-state index contributed by atoms with van der Waals surface area (Å²) in [5, 5.41) is 21.5. The Morgan fingerprint density at radius 3 is 1.14 bits per heavy atom. The molecule has 3 nitrogen and oxygen atoms in total. The topological polar surface area (TPSA) is 60.7 Å². The summed E-state index contributed by atoms with van der Waals surface area (Å²) in [4.78, 5) is 0. The summed E-state index contributed by atoms with van der Waals surface area (Å²) in [6.07, 6.45) is 0. The van der Waals surface area contributed by atoms with E-state index in [0.717, 1.165) is 0 Å². The van der Waals surface area contributed by atoms with Gasteiger partial charge in [-0.15, -0.1) is 0 Å². The maximum Gasteiger partial charge on any atom is 2.00 e. The third-order valence-electron chi connectivity index (χ3n) is 0. The molecule has 0 aliphatic rings. The molecule has 0 rings (SSSR count). The first kappa shape index (κ1) is 22.4. The van der Waals surface area contributed by atoms with Gasteiger partial charge in [0.2, 0.25) is 0 Å². The second-order valence-electron chi connectivity index (χ2n) is 0.346. The van der Waals surface area contributed by atoms with E-state index in [9.17, 15) is 0 Å². The Hall–Kier alpha value is 3.48. The van der Waals surface area contributed by atoms with Crippen LogP contribution in [-0.2, 0) is 0 Å². The second kappa shape index (κ2) is 16.2. The molecular weight excluding hydrogens is 344 g/mol. The predicted molar refractivity (Wildman–Crippen MR) is 21.5 cm³/mol. The van der Waals surface area contributed by atoms with Crippen molar-refractivity contribution >= 4 is 56.2 Å². The molecule has 7 heteroatoms. The molecule has 0 aromatic rings. The molecule has 0 amide bonds.